The van der Waals surface area contributed by atoms with Gasteiger partial charge in [0.05, 0.1) is 0 Å². The summed E-state index contributed by atoms with van der Waals surface area (Å²) in [6, 6.07) is 3.47. The predicted molar refractivity (Wildman–Crippen MR) is 65.0 cm³/mol. The van der Waals surface area contributed by atoms with Crippen LogP contribution in [0, 0.1) is 0 Å². The number of nitrogens with zero attached hydrogens (tertiary/aromatic N) is 1. The third kappa shape index (κ3) is 2.55. The van der Waals surface area contributed by atoms with Crippen molar-refractivity contribution in [1.29, 1.82) is 0 Å². The summed E-state index contributed by atoms with van der Waals surface area (Å²) in [6.45, 7) is 1.85. The Morgan fingerprint density at radius 3 is 2.76 bits per heavy atom. The zero-order chi connectivity index (χ0) is 12.3. The van der Waals surface area contributed by atoms with Crippen LogP contribution in [0.5, 0.6) is 0 Å². The van der Waals surface area contributed by atoms with E-state index >= 15 is 0 Å². The number of amides is 1. The molecule has 2 heterocycles. The average molecular weight is 235 g/mol. The van der Waals surface area contributed by atoms with E-state index in [-0.39, 0.29) is 23.1 Å². The topological polar surface area (TPSA) is 65.2 Å². The Bertz CT molecular complexity index is 449. The first-order valence-electron chi connectivity index (χ1n) is 5.85. The van der Waals surface area contributed by atoms with Gasteiger partial charge in [0, 0.05) is 19.3 Å². The highest BCUT2D eigenvalue weighted by Gasteiger charge is 2.23. The Balaban J connectivity index is 2.14. The Kier molecular flexibility index (Phi) is 3.58. The molecule has 5 heteroatoms. The summed E-state index contributed by atoms with van der Waals surface area (Å²) >= 11 is 0. The minimum Gasteiger partial charge on any atom is -0.338 e. The standard InChI is InChI=1S/C12H17N3O2/c1-15(9-4-7-13-8-5-9)12(17)10-3-2-6-14-11(10)16/h2-3,6,9,13H,4-5,7-8H2,1H3,(H,14,16). The van der Waals surface area contributed by atoms with Gasteiger partial charge in [-0.05, 0) is 38.1 Å². The van der Waals surface area contributed by atoms with Crippen LogP contribution >= 0.6 is 0 Å². The van der Waals surface area contributed by atoms with Gasteiger partial charge < -0.3 is 15.2 Å². The van der Waals surface area contributed by atoms with Crippen LogP contribution in [0.4, 0.5) is 0 Å². The molecular weight excluding hydrogens is 218 g/mol. The van der Waals surface area contributed by atoms with Crippen LogP contribution < -0.4 is 10.9 Å². The minimum atomic E-state index is -0.321. The van der Waals surface area contributed by atoms with Gasteiger partial charge in [0.1, 0.15) is 5.56 Å². The Morgan fingerprint density at radius 2 is 2.12 bits per heavy atom. The second-order valence-electron chi connectivity index (χ2n) is 4.31. The molecule has 0 aliphatic carbocycles. The van der Waals surface area contributed by atoms with Crippen molar-refractivity contribution in [1.82, 2.24) is 15.2 Å². The second kappa shape index (κ2) is 5.14. The lowest BCUT2D eigenvalue weighted by atomic mass is 10.0. The van der Waals surface area contributed by atoms with Crippen LogP contribution in [0.25, 0.3) is 0 Å². The van der Waals surface area contributed by atoms with Crippen molar-refractivity contribution < 1.29 is 4.79 Å². The number of hydrogen-bond acceptors (Lipinski definition) is 3. The van der Waals surface area contributed by atoms with E-state index in [9.17, 15) is 9.59 Å². The van der Waals surface area contributed by atoms with Gasteiger partial charge >= 0.3 is 0 Å². The molecule has 5 nitrogen and oxygen atoms in total. The van der Waals surface area contributed by atoms with E-state index in [2.05, 4.69) is 10.3 Å². The van der Waals surface area contributed by atoms with Gasteiger partial charge in [0.15, 0.2) is 0 Å². The van der Waals surface area contributed by atoms with Gasteiger partial charge in [-0.3, -0.25) is 9.59 Å². The molecule has 92 valence electrons. The summed E-state index contributed by atoms with van der Waals surface area (Å²) in [5, 5.41) is 3.25. The molecule has 0 bridgehead atoms. The van der Waals surface area contributed by atoms with Crippen molar-refractivity contribution in [3.63, 3.8) is 0 Å². The maximum absolute atomic E-state index is 12.2. The van der Waals surface area contributed by atoms with E-state index in [4.69, 9.17) is 0 Å². The highest BCUT2D eigenvalue weighted by atomic mass is 16.2. The van der Waals surface area contributed by atoms with Gasteiger partial charge in [-0.1, -0.05) is 0 Å². The Labute approximate surface area is 99.8 Å². The Hall–Kier alpha value is -1.62. The first-order valence-corrected chi connectivity index (χ1v) is 5.85. The normalized spacial score (nSPS) is 16.8. The third-order valence-corrected chi connectivity index (χ3v) is 3.23. The predicted octanol–water partition coefficient (Wildman–Crippen LogP) is 0.199. The molecule has 0 aromatic carbocycles. The zero-order valence-electron chi connectivity index (χ0n) is 9.90. The molecule has 0 spiro atoms. The molecule has 2 rings (SSSR count). The molecule has 1 aliphatic rings. The van der Waals surface area contributed by atoms with Gasteiger partial charge in [-0.2, -0.15) is 0 Å². The molecule has 0 unspecified atom stereocenters. The Morgan fingerprint density at radius 1 is 1.41 bits per heavy atom. The summed E-state index contributed by atoms with van der Waals surface area (Å²) in [4.78, 5) is 27.9. The molecule has 1 amide bonds. The van der Waals surface area contributed by atoms with Crippen molar-refractivity contribution in [2.75, 3.05) is 20.1 Å². The summed E-state index contributed by atoms with van der Waals surface area (Å²) in [7, 11) is 1.77. The fourth-order valence-electron chi connectivity index (χ4n) is 2.14. The molecule has 17 heavy (non-hydrogen) atoms. The van der Waals surface area contributed by atoms with Crippen LogP contribution in [0.15, 0.2) is 23.1 Å². The maximum atomic E-state index is 12.2. The van der Waals surface area contributed by atoms with Crippen molar-refractivity contribution in [3.05, 3.63) is 34.2 Å². The third-order valence-electron chi connectivity index (χ3n) is 3.23. The zero-order valence-corrected chi connectivity index (χ0v) is 9.90. The second-order valence-corrected chi connectivity index (χ2v) is 4.31. The van der Waals surface area contributed by atoms with E-state index in [0.717, 1.165) is 25.9 Å². The molecule has 1 saturated heterocycles. The molecule has 1 aromatic heterocycles. The minimum absolute atomic E-state index is 0.196. The monoisotopic (exact) mass is 235 g/mol. The number of pyridine rings is 1. The van der Waals surface area contributed by atoms with E-state index in [1.165, 1.54) is 6.20 Å². The van der Waals surface area contributed by atoms with Crippen molar-refractivity contribution >= 4 is 5.91 Å². The maximum Gasteiger partial charge on any atom is 0.260 e. The SMILES string of the molecule is CN(C(=O)c1ccc[nH]c1=O)C1CCNCC1. The van der Waals surface area contributed by atoms with E-state index in [1.807, 2.05) is 0 Å². The highest BCUT2D eigenvalue weighted by molar-refractivity contribution is 5.93. The van der Waals surface area contributed by atoms with Gasteiger partial charge in [0.25, 0.3) is 11.5 Å². The number of rotatable bonds is 2. The largest absolute Gasteiger partial charge is 0.338 e. The number of H-pyrrole nitrogens is 1. The lowest BCUT2D eigenvalue weighted by Crippen LogP contribution is -2.45. The number of hydrogen-bond donors (Lipinski definition) is 2. The molecule has 2 N–H and O–H groups in total. The van der Waals surface area contributed by atoms with E-state index in [1.54, 1.807) is 24.1 Å². The molecule has 1 fully saturated rings. The molecule has 1 aliphatic heterocycles. The van der Waals surface area contributed by atoms with Gasteiger partial charge in [0.2, 0.25) is 0 Å². The average Bonchev–Trinajstić information content (AvgIpc) is 2.39. The lowest BCUT2D eigenvalue weighted by Gasteiger charge is -2.31. The fourth-order valence-corrected chi connectivity index (χ4v) is 2.14. The number of aromatic nitrogens is 1. The van der Waals surface area contributed by atoms with Crippen molar-refractivity contribution in [2.24, 2.45) is 0 Å². The quantitative estimate of drug-likeness (QED) is 0.769. The molecule has 1 aromatic rings. The number of aromatic amines is 1. The summed E-state index contributed by atoms with van der Waals surface area (Å²) in [6.07, 6.45) is 3.41. The van der Waals surface area contributed by atoms with Crippen LogP contribution in [-0.2, 0) is 0 Å². The first kappa shape index (κ1) is 11.9. The van der Waals surface area contributed by atoms with Crippen molar-refractivity contribution in [2.45, 2.75) is 18.9 Å². The van der Waals surface area contributed by atoms with Crippen LogP contribution in [0.1, 0.15) is 23.2 Å². The number of piperidine rings is 1. The fraction of sp³-hybridized carbons (Fsp3) is 0.500. The smallest absolute Gasteiger partial charge is 0.260 e. The molecular formula is C12H17N3O2. The summed E-state index contributed by atoms with van der Waals surface area (Å²) < 4.78 is 0. The number of nitrogens with one attached hydrogen (secondary N) is 2. The number of carbonyl (C=O) groups is 1. The lowest BCUT2D eigenvalue weighted by molar-refractivity contribution is 0.0701. The van der Waals surface area contributed by atoms with E-state index < -0.39 is 0 Å². The van der Waals surface area contributed by atoms with Crippen LogP contribution in [-0.4, -0.2) is 42.0 Å². The van der Waals surface area contributed by atoms with E-state index in [0.29, 0.717) is 0 Å². The van der Waals surface area contributed by atoms with Crippen LogP contribution in [0.3, 0.4) is 0 Å². The first-order chi connectivity index (χ1) is 8.20. The summed E-state index contributed by atoms with van der Waals surface area (Å²) in [5.41, 5.74) is -0.105. The van der Waals surface area contributed by atoms with Crippen molar-refractivity contribution in [3.8, 4) is 0 Å². The van der Waals surface area contributed by atoms with Gasteiger partial charge in [-0.25, -0.2) is 0 Å². The molecule has 0 radical (unpaired) electrons. The molecule has 0 saturated carbocycles. The number of carbonyl (C=O) groups excluding carboxylic acids is 1. The molecule has 0 atom stereocenters. The highest BCUT2D eigenvalue weighted by Crippen LogP contribution is 2.11. The van der Waals surface area contributed by atoms with Crippen LogP contribution in [0.2, 0.25) is 0 Å². The van der Waals surface area contributed by atoms with Gasteiger partial charge in [-0.15, -0.1) is 0 Å². The summed E-state index contributed by atoms with van der Waals surface area (Å²) in [5.74, 6) is -0.196.